The fourth-order valence-corrected chi connectivity index (χ4v) is 2.47. The molecule has 1 rings (SSSR count). The number of ether oxygens (including phenoxy) is 3. The topological polar surface area (TPSA) is 44.8 Å². The molecule has 1 aromatic carbocycles. The molecule has 4 heteroatoms. The summed E-state index contributed by atoms with van der Waals surface area (Å²) in [5, 5.41) is 0. The first kappa shape index (κ1) is 19.4. The fraction of sp³-hybridized carbons (Fsp3) is 0.526. The summed E-state index contributed by atoms with van der Waals surface area (Å²) in [7, 11) is 1.40. The lowest BCUT2D eigenvalue weighted by Gasteiger charge is -2.28. The minimum absolute atomic E-state index is 0.0343. The van der Waals surface area contributed by atoms with E-state index in [1.807, 2.05) is 36.4 Å². The summed E-state index contributed by atoms with van der Waals surface area (Å²) >= 11 is 0. The molecule has 1 aromatic rings. The molecular formula is C19H28O4. The molecule has 0 aliphatic carbocycles. The summed E-state index contributed by atoms with van der Waals surface area (Å²) in [4.78, 5) is 11.3. The van der Waals surface area contributed by atoms with Crippen molar-refractivity contribution in [2.24, 2.45) is 11.8 Å². The molecule has 128 valence electrons. The molecule has 0 fully saturated rings. The van der Waals surface area contributed by atoms with Gasteiger partial charge in [0, 0.05) is 12.3 Å². The van der Waals surface area contributed by atoms with Crippen molar-refractivity contribution >= 4 is 5.97 Å². The number of carbonyl (C=O) groups excluding carboxylic acids is 1. The van der Waals surface area contributed by atoms with Crippen LogP contribution in [-0.4, -0.2) is 26.0 Å². The van der Waals surface area contributed by atoms with Crippen LogP contribution in [0.15, 0.2) is 43.0 Å². The van der Waals surface area contributed by atoms with Gasteiger partial charge in [-0.1, -0.05) is 50.3 Å². The van der Waals surface area contributed by atoms with Crippen LogP contribution in [0.4, 0.5) is 0 Å². The number of benzene rings is 1. The van der Waals surface area contributed by atoms with Crippen LogP contribution in [0.3, 0.4) is 0 Å². The van der Waals surface area contributed by atoms with Crippen molar-refractivity contribution in [1.29, 1.82) is 0 Å². The van der Waals surface area contributed by atoms with Crippen LogP contribution in [0.25, 0.3) is 0 Å². The quantitative estimate of drug-likeness (QED) is 0.268. The van der Waals surface area contributed by atoms with Crippen LogP contribution >= 0.6 is 0 Å². The van der Waals surface area contributed by atoms with Gasteiger partial charge in [0.25, 0.3) is 0 Å². The van der Waals surface area contributed by atoms with Crippen molar-refractivity contribution < 1.29 is 19.0 Å². The van der Waals surface area contributed by atoms with Crippen LogP contribution in [0.5, 0.6) is 0 Å². The van der Waals surface area contributed by atoms with Gasteiger partial charge in [0.15, 0.2) is 0 Å². The molecule has 0 amide bonds. The monoisotopic (exact) mass is 320 g/mol. The third-order valence-electron chi connectivity index (χ3n) is 3.75. The van der Waals surface area contributed by atoms with E-state index in [1.165, 1.54) is 7.11 Å². The Morgan fingerprint density at radius 2 is 1.96 bits per heavy atom. The second-order valence-corrected chi connectivity index (χ2v) is 5.84. The molecule has 0 saturated carbocycles. The zero-order valence-electron chi connectivity index (χ0n) is 14.4. The van der Waals surface area contributed by atoms with Gasteiger partial charge >= 0.3 is 5.97 Å². The summed E-state index contributed by atoms with van der Waals surface area (Å²) in [5.41, 5.74) is 1.11. The summed E-state index contributed by atoms with van der Waals surface area (Å²) in [6.45, 7) is 8.80. The first-order chi connectivity index (χ1) is 11.1. The Balaban J connectivity index is 2.43. The molecule has 0 unspecified atom stereocenters. The average Bonchev–Trinajstić information content (AvgIpc) is 2.57. The van der Waals surface area contributed by atoms with Crippen LogP contribution in [0.2, 0.25) is 0 Å². The second kappa shape index (κ2) is 11.0. The maximum atomic E-state index is 11.3. The molecule has 0 N–H and O–H groups in total. The molecule has 23 heavy (non-hydrogen) atoms. The van der Waals surface area contributed by atoms with Gasteiger partial charge in [-0.3, -0.25) is 4.79 Å². The van der Waals surface area contributed by atoms with Crippen molar-refractivity contribution in [3.63, 3.8) is 0 Å². The molecule has 0 spiro atoms. The minimum atomic E-state index is -0.209. The van der Waals surface area contributed by atoms with Gasteiger partial charge in [0.1, 0.15) is 6.79 Å². The number of rotatable bonds is 11. The third kappa shape index (κ3) is 7.44. The molecule has 4 nitrogen and oxygen atoms in total. The molecule has 0 radical (unpaired) electrons. The predicted molar refractivity (Wildman–Crippen MR) is 90.7 cm³/mol. The first-order valence-electron chi connectivity index (χ1n) is 8.01. The average molecular weight is 320 g/mol. The summed E-state index contributed by atoms with van der Waals surface area (Å²) in [6.07, 6.45) is 2.85. The Kier molecular flexibility index (Phi) is 9.25. The van der Waals surface area contributed by atoms with E-state index < -0.39 is 0 Å². The molecule has 0 bridgehead atoms. The number of hydrogen-bond acceptors (Lipinski definition) is 4. The number of carbonyl (C=O) groups is 1. The highest BCUT2D eigenvalue weighted by molar-refractivity contribution is 5.69. The van der Waals surface area contributed by atoms with Gasteiger partial charge in [-0.15, -0.1) is 6.58 Å². The fourth-order valence-electron chi connectivity index (χ4n) is 2.47. The maximum Gasteiger partial charge on any atom is 0.305 e. The van der Waals surface area contributed by atoms with Gasteiger partial charge in [-0.2, -0.15) is 0 Å². The van der Waals surface area contributed by atoms with Gasteiger partial charge in [-0.25, -0.2) is 0 Å². The largest absolute Gasteiger partial charge is 0.469 e. The molecule has 0 saturated heterocycles. The summed E-state index contributed by atoms with van der Waals surface area (Å²) < 4.78 is 16.2. The van der Waals surface area contributed by atoms with Gasteiger partial charge < -0.3 is 14.2 Å². The van der Waals surface area contributed by atoms with E-state index in [2.05, 4.69) is 20.4 Å². The Hall–Kier alpha value is -1.65. The van der Waals surface area contributed by atoms with E-state index in [1.54, 1.807) is 0 Å². The summed E-state index contributed by atoms with van der Waals surface area (Å²) in [5.74, 6) is 0.185. The highest BCUT2D eigenvalue weighted by Crippen LogP contribution is 2.23. The van der Waals surface area contributed by atoms with E-state index in [0.29, 0.717) is 25.4 Å². The minimum Gasteiger partial charge on any atom is -0.469 e. The number of esters is 1. The Labute approximate surface area is 139 Å². The van der Waals surface area contributed by atoms with Crippen LogP contribution in [0, 0.1) is 11.8 Å². The molecule has 0 aliphatic heterocycles. The Morgan fingerprint density at radius 1 is 1.26 bits per heavy atom. The van der Waals surface area contributed by atoms with Crippen molar-refractivity contribution in [2.75, 3.05) is 13.9 Å². The smallest absolute Gasteiger partial charge is 0.305 e. The van der Waals surface area contributed by atoms with E-state index in [-0.39, 0.29) is 24.8 Å². The van der Waals surface area contributed by atoms with E-state index in [4.69, 9.17) is 14.2 Å². The van der Waals surface area contributed by atoms with Gasteiger partial charge in [-0.05, 0) is 17.9 Å². The van der Waals surface area contributed by atoms with Crippen molar-refractivity contribution in [3.05, 3.63) is 48.6 Å². The predicted octanol–water partition coefficient (Wildman–Crippen LogP) is 3.96. The van der Waals surface area contributed by atoms with Crippen molar-refractivity contribution in [2.45, 2.75) is 39.4 Å². The van der Waals surface area contributed by atoms with E-state index >= 15 is 0 Å². The van der Waals surface area contributed by atoms with Crippen molar-refractivity contribution in [1.82, 2.24) is 0 Å². The zero-order valence-corrected chi connectivity index (χ0v) is 14.4. The maximum absolute atomic E-state index is 11.3. The Morgan fingerprint density at radius 3 is 2.52 bits per heavy atom. The third-order valence-corrected chi connectivity index (χ3v) is 3.75. The lowest BCUT2D eigenvalue weighted by molar-refractivity contribution is -0.142. The second-order valence-electron chi connectivity index (χ2n) is 5.84. The molecule has 0 aromatic heterocycles. The molecule has 2 atom stereocenters. The lowest BCUT2D eigenvalue weighted by Crippen LogP contribution is -2.29. The lowest BCUT2D eigenvalue weighted by atomic mass is 9.89. The highest BCUT2D eigenvalue weighted by Gasteiger charge is 2.24. The zero-order chi connectivity index (χ0) is 17.1. The van der Waals surface area contributed by atoms with Crippen molar-refractivity contribution in [3.8, 4) is 0 Å². The van der Waals surface area contributed by atoms with Gasteiger partial charge in [0.05, 0.1) is 19.8 Å². The van der Waals surface area contributed by atoms with Crippen LogP contribution in [-0.2, 0) is 25.6 Å². The molecule has 0 aliphatic rings. The normalized spacial score (nSPS) is 13.6. The number of hydrogen-bond donors (Lipinski definition) is 0. The Bertz CT molecular complexity index is 456. The first-order valence-corrected chi connectivity index (χ1v) is 8.01. The SMILES string of the molecule is C=C[C@@H](CCC(=O)OC)[C@H](OCOCc1ccccc1)C(C)C. The number of methoxy groups -OCH3 is 1. The van der Waals surface area contributed by atoms with E-state index in [0.717, 1.165) is 5.56 Å². The standard InChI is InChI=1S/C19H28O4/c1-5-17(11-12-18(20)21-4)19(15(2)3)23-14-22-13-16-9-7-6-8-10-16/h5-10,15,17,19H,1,11-14H2,2-4H3/t17-,19+/m0/s1. The van der Waals surface area contributed by atoms with Crippen LogP contribution in [0.1, 0.15) is 32.3 Å². The molecular weight excluding hydrogens is 292 g/mol. The van der Waals surface area contributed by atoms with Crippen LogP contribution < -0.4 is 0 Å². The van der Waals surface area contributed by atoms with E-state index in [9.17, 15) is 4.79 Å². The summed E-state index contributed by atoms with van der Waals surface area (Å²) in [6, 6.07) is 9.98. The van der Waals surface area contributed by atoms with Gasteiger partial charge in [0.2, 0.25) is 0 Å². The molecule has 0 heterocycles. The highest BCUT2D eigenvalue weighted by atomic mass is 16.7.